The van der Waals surface area contributed by atoms with Crippen molar-refractivity contribution in [1.82, 2.24) is 10.2 Å². The average molecular weight is 442 g/mol. The Balaban J connectivity index is 1.13. The van der Waals surface area contributed by atoms with Crippen molar-refractivity contribution in [2.24, 2.45) is 22.7 Å². The van der Waals surface area contributed by atoms with Gasteiger partial charge in [0.1, 0.15) is 10.5 Å². The number of nitrogens with zero attached hydrogens (tertiary/aromatic N) is 2. The highest BCUT2D eigenvalue weighted by molar-refractivity contribution is 8.16. The van der Waals surface area contributed by atoms with Crippen LogP contribution in [0.2, 0.25) is 0 Å². The van der Waals surface area contributed by atoms with Crippen LogP contribution in [0.15, 0.2) is 29.3 Å². The Bertz CT molecular complexity index is 894. The molecule has 5 rings (SSSR count). The average Bonchev–Trinajstić information content (AvgIpc) is 3.44. The maximum atomic E-state index is 12.8. The van der Waals surface area contributed by atoms with E-state index >= 15 is 0 Å². The van der Waals surface area contributed by atoms with Crippen molar-refractivity contribution in [3.63, 3.8) is 0 Å². The van der Waals surface area contributed by atoms with Crippen LogP contribution in [0.3, 0.4) is 0 Å². The Kier molecular flexibility index (Phi) is 5.49. The minimum absolute atomic E-state index is 0.00856. The maximum Gasteiger partial charge on any atom is 0.264 e. The quantitative estimate of drug-likeness (QED) is 0.743. The summed E-state index contributed by atoms with van der Waals surface area (Å²) in [4.78, 5) is 31.7. The van der Waals surface area contributed by atoms with Crippen molar-refractivity contribution in [2.75, 3.05) is 13.1 Å². The molecule has 31 heavy (non-hydrogen) atoms. The van der Waals surface area contributed by atoms with Gasteiger partial charge in [-0.1, -0.05) is 18.2 Å². The summed E-state index contributed by atoms with van der Waals surface area (Å²) in [6.45, 7) is 3.44. The second kappa shape index (κ2) is 8.15. The standard InChI is InChI=1S/C24H31N3O3S/c1-24(22(30)26-23(31-24)25-20-13-16-2-3-18(20)12-16)14-15-8-10-27(11-9-15)21(29)17-4-6-19(28)7-5-17/h4-7,15-16,18,20,28H,2-3,8-14H2,1H3,(H,25,26,30)/t16-,18?,20+,24?/m1/s1. The Labute approximate surface area is 187 Å². The topological polar surface area (TPSA) is 82.0 Å². The summed E-state index contributed by atoms with van der Waals surface area (Å²) in [7, 11) is 0. The number of rotatable bonds is 4. The first-order valence-corrected chi connectivity index (χ1v) is 12.4. The monoisotopic (exact) mass is 441 g/mol. The maximum absolute atomic E-state index is 12.8. The summed E-state index contributed by atoms with van der Waals surface area (Å²) in [5.41, 5.74) is 0.606. The van der Waals surface area contributed by atoms with E-state index in [9.17, 15) is 14.7 Å². The third-order valence-electron chi connectivity index (χ3n) is 7.72. The molecule has 2 unspecified atom stereocenters. The van der Waals surface area contributed by atoms with Gasteiger partial charge in [0.25, 0.3) is 11.8 Å². The molecule has 6 nitrogen and oxygen atoms in total. The Morgan fingerprint density at radius 1 is 1.19 bits per heavy atom. The van der Waals surface area contributed by atoms with Crippen LogP contribution in [-0.2, 0) is 4.79 Å². The molecule has 2 saturated carbocycles. The fourth-order valence-electron chi connectivity index (χ4n) is 5.94. The predicted molar refractivity (Wildman–Crippen MR) is 122 cm³/mol. The summed E-state index contributed by atoms with van der Waals surface area (Å²) in [6, 6.07) is 6.92. The number of aromatic hydroxyl groups is 1. The molecule has 2 N–H and O–H groups in total. The molecule has 2 bridgehead atoms. The SMILES string of the molecule is CC1(CC2CCN(C(=O)c3ccc(O)cc3)CC2)SC(N[C@H]2C[C@@H]3CCC2C3)=NC1=O. The molecule has 2 heterocycles. The zero-order valence-corrected chi connectivity index (χ0v) is 18.9. The third kappa shape index (κ3) is 4.21. The number of phenols is 1. The number of fused-ring (bicyclic) bond motifs is 2. The summed E-state index contributed by atoms with van der Waals surface area (Å²) in [5.74, 6) is 2.21. The van der Waals surface area contributed by atoms with Crippen molar-refractivity contribution in [3.05, 3.63) is 29.8 Å². The van der Waals surface area contributed by atoms with Gasteiger partial charge < -0.3 is 15.3 Å². The van der Waals surface area contributed by atoms with Crippen molar-refractivity contribution >= 4 is 28.7 Å². The second-order valence-corrected chi connectivity index (χ2v) is 11.5. The molecular formula is C24H31N3O3S. The molecule has 4 atom stereocenters. The summed E-state index contributed by atoms with van der Waals surface area (Å²) in [6.07, 6.45) is 7.86. The molecule has 0 spiro atoms. The van der Waals surface area contributed by atoms with Gasteiger partial charge in [-0.05, 0) is 87.5 Å². The van der Waals surface area contributed by atoms with E-state index in [-0.39, 0.29) is 17.6 Å². The van der Waals surface area contributed by atoms with Gasteiger partial charge >= 0.3 is 0 Å². The lowest BCUT2D eigenvalue weighted by Crippen LogP contribution is -2.41. The lowest BCUT2D eigenvalue weighted by Gasteiger charge is -2.35. The van der Waals surface area contributed by atoms with E-state index in [1.807, 2.05) is 11.8 Å². The van der Waals surface area contributed by atoms with Crippen LogP contribution >= 0.6 is 11.8 Å². The van der Waals surface area contributed by atoms with Gasteiger partial charge in [-0.3, -0.25) is 9.59 Å². The minimum Gasteiger partial charge on any atom is -0.508 e. The van der Waals surface area contributed by atoms with Gasteiger partial charge in [-0.25, -0.2) is 0 Å². The van der Waals surface area contributed by atoms with Gasteiger partial charge in [0.2, 0.25) is 0 Å². The molecule has 0 aromatic heterocycles. The van der Waals surface area contributed by atoms with Gasteiger partial charge in [0, 0.05) is 24.7 Å². The van der Waals surface area contributed by atoms with Crippen molar-refractivity contribution in [3.8, 4) is 5.75 Å². The highest BCUT2D eigenvalue weighted by Gasteiger charge is 2.46. The number of carbonyl (C=O) groups excluding carboxylic acids is 2. The van der Waals surface area contributed by atoms with E-state index in [1.54, 1.807) is 36.0 Å². The van der Waals surface area contributed by atoms with Crippen LogP contribution in [0.1, 0.15) is 62.2 Å². The number of likely N-dealkylation sites (tertiary alicyclic amines) is 1. The van der Waals surface area contributed by atoms with E-state index in [1.165, 1.54) is 25.7 Å². The van der Waals surface area contributed by atoms with E-state index < -0.39 is 4.75 Å². The zero-order valence-electron chi connectivity index (χ0n) is 18.0. The first kappa shape index (κ1) is 20.9. The molecule has 2 aliphatic heterocycles. The van der Waals surface area contributed by atoms with Crippen LogP contribution in [0, 0.1) is 17.8 Å². The number of hydrogen-bond donors (Lipinski definition) is 2. The van der Waals surface area contributed by atoms with E-state index in [2.05, 4.69) is 10.3 Å². The first-order valence-electron chi connectivity index (χ1n) is 11.6. The molecule has 1 saturated heterocycles. The van der Waals surface area contributed by atoms with Gasteiger partial charge in [0.15, 0.2) is 5.17 Å². The number of phenolic OH excluding ortho intramolecular Hbond substituents is 1. The number of nitrogens with one attached hydrogen (secondary N) is 1. The molecular weight excluding hydrogens is 410 g/mol. The molecule has 1 aromatic rings. The molecule has 0 radical (unpaired) electrons. The molecule has 7 heteroatoms. The molecule has 2 aliphatic carbocycles. The van der Waals surface area contributed by atoms with Crippen LogP contribution in [0.4, 0.5) is 0 Å². The lowest BCUT2D eigenvalue weighted by atomic mass is 9.87. The first-order chi connectivity index (χ1) is 14.9. The van der Waals surface area contributed by atoms with E-state index in [0.717, 1.165) is 36.3 Å². The lowest BCUT2D eigenvalue weighted by molar-refractivity contribution is -0.119. The zero-order chi connectivity index (χ0) is 21.6. The highest BCUT2D eigenvalue weighted by Crippen LogP contribution is 2.46. The molecule has 3 fully saturated rings. The van der Waals surface area contributed by atoms with Gasteiger partial charge in [-0.2, -0.15) is 4.99 Å². The largest absolute Gasteiger partial charge is 0.508 e. The summed E-state index contributed by atoms with van der Waals surface area (Å²) < 4.78 is -0.492. The molecule has 2 amide bonds. The van der Waals surface area contributed by atoms with Crippen molar-refractivity contribution in [1.29, 1.82) is 0 Å². The highest BCUT2D eigenvalue weighted by atomic mass is 32.2. The van der Waals surface area contributed by atoms with Crippen LogP contribution in [0.25, 0.3) is 0 Å². The normalized spacial score (nSPS) is 33.1. The fourth-order valence-corrected chi connectivity index (χ4v) is 7.16. The third-order valence-corrected chi connectivity index (χ3v) is 8.91. The Hall–Kier alpha value is -2.02. The number of benzene rings is 1. The minimum atomic E-state index is -0.492. The Morgan fingerprint density at radius 3 is 2.58 bits per heavy atom. The number of piperidine rings is 1. The van der Waals surface area contributed by atoms with Crippen LogP contribution in [-0.4, -0.2) is 50.9 Å². The van der Waals surface area contributed by atoms with Crippen molar-refractivity contribution in [2.45, 2.75) is 62.7 Å². The smallest absolute Gasteiger partial charge is 0.264 e. The molecule has 1 aromatic carbocycles. The summed E-state index contributed by atoms with van der Waals surface area (Å²) >= 11 is 1.62. The number of amides is 2. The fraction of sp³-hybridized carbons (Fsp3) is 0.625. The number of thioether (sulfide) groups is 1. The van der Waals surface area contributed by atoms with Crippen LogP contribution in [0.5, 0.6) is 5.75 Å². The van der Waals surface area contributed by atoms with Gasteiger partial charge in [0.05, 0.1) is 0 Å². The van der Waals surface area contributed by atoms with Crippen LogP contribution < -0.4 is 5.32 Å². The number of aliphatic imine (C=N–C) groups is 1. The second-order valence-electron chi connectivity index (χ2n) is 9.97. The predicted octanol–water partition coefficient (Wildman–Crippen LogP) is 3.80. The Morgan fingerprint density at radius 2 is 1.94 bits per heavy atom. The number of carbonyl (C=O) groups is 2. The van der Waals surface area contributed by atoms with E-state index in [0.29, 0.717) is 30.6 Å². The number of hydrogen-bond acceptors (Lipinski definition) is 5. The summed E-state index contributed by atoms with van der Waals surface area (Å²) in [5, 5.41) is 13.8. The number of amidine groups is 1. The molecule has 4 aliphatic rings. The van der Waals surface area contributed by atoms with Gasteiger partial charge in [-0.15, -0.1) is 0 Å². The molecule has 166 valence electrons. The van der Waals surface area contributed by atoms with E-state index in [4.69, 9.17) is 0 Å². The van der Waals surface area contributed by atoms with Crippen molar-refractivity contribution < 1.29 is 14.7 Å².